The average Bonchev–Trinajstić information content (AvgIpc) is 2.97. The van der Waals surface area contributed by atoms with Gasteiger partial charge < -0.3 is 44.5 Å². The van der Waals surface area contributed by atoms with Crippen molar-refractivity contribution in [2.24, 2.45) is 20.7 Å². The van der Waals surface area contributed by atoms with Gasteiger partial charge in [0.2, 0.25) is 0 Å². The maximum Gasteiger partial charge on any atom is 0.160 e. The van der Waals surface area contributed by atoms with Crippen LogP contribution in [0.2, 0.25) is 0 Å². The zero-order valence-electron chi connectivity index (χ0n) is 19.6. The highest BCUT2D eigenvalue weighted by atomic mass is 31.2. The van der Waals surface area contributed by atoms with Crippen LogP contribution in [0.1, 0.15) is 57.8 Å². The Morgan fingerprint density at radius 1 is 1.17 bits per heavy atom. The van der Waals surface area contributed by atoms with E-state index in [9.17, 15) is 24.6 Å². The first kappa shape index (κ1) is 26.4. The number of phosphoric ester groups is 1. The van der Waals surface area contributed by atoms with Crippen LogP contribution in [0.15, 0.2) is 26.2 Å². The van der Waals surface area contributed by atoms with E-state index in [-0.39, 0.29) is 12.1 Å². The normalized spacial score (nSPS) is 35.0. The lowest BCUT2D eigenvalue weighted by atomic mass is 9.90. The molecule has 0 aromatic rings. The number of nitrogens with zero attached hydrogens (tertiary/aromatic N) is 4. The number of amidine groups is 1. The van der Waals surface area contributed by atoms with Gasteiger partial charge in [-0.15, -0.1) is 0 Å². The maximum absolute atomic E-state index is 10.9. The van der Waals surface area contributed by atoms with Crippen molar-refractivity contribution in [3.63, 3.8) is 0 Å². The lowest BCUT2D eigenvalue weighted by Crippen LogP contribution is -2.52. The highest BCUT2D eigenvalue weighted by Gasteiger charge is 2.48. The third kappa shape index (κ3) is 6.37. The Labute approximate surface area is 204 Å². The molecular formula is C22H34N5O7P-2. The molecule has 196 valence electrons. The summed E-state index contributed by atoms with van der Waals surface area (Å²) in [6.45, 7) is -0.0641. The molecule has 6 unspecified atom stereocenters. The number of aliphatic hydroxyl groups is 2. The van der Waals surface area contributed by atoms with E-state index in [2.05, 4.69) is 14.5 Å². The van der Waals surface area contributed by atoms with Gasteiger partial charge in [-0.25, -0.2) is 4.99 Å². The van der Waals surface area contributed by atoms with Crippen molar-refractivity contribution in [3.05, 3.63) is 11.3 Å². The van der Waals surface area contributed by atoms with Crippen LogP contribution < -0.4 is 15.5 Å². The number of aliphatic hydroxyl groups excluding tert-OH is 2. The molecule has 0 aromatic carbocycles. The number of ether oxygens (including phenoxy) is 1. The van der Waals surface area contributed by atoms with Gasteiger partial charge in [-0.05, 0) is 43.9 Å². The number of hydrogen-bond acceptors (Lipinski definition) is 12. The van der Waals surface area contributed by atoms with Gasteiger partial charge in [-0.3, -0.25) is 9.98 Å². The van der Waals surface area contributed by atoms with Crippen LogP contribution in [0.5, 0.6) is 0 Å². The van der Waals surface area contributed by atoms with Crippen molar-refractivity contribution in [2.75, 3.05) is 13.2 Å². The van der Waals surface area contributed by atoms with Crippen LogP contribution in [-0.4, -0.2) is 83.3 Å². The van der Waals surface area contributed by atoms with Crippen molar-refractivity contribution >= 4 is 26.2 Å². The van der Waals surface area contributed by atoms with Crippen LogP contribution in [0, 0.1) is 0 Å². The summed E-state index contributed by atoms with van der Waals surface area (Å²) in [5.74, 6) is 0.360. The molecule has 0 amide bonds. The summed E-state index contributed by atoms with van der Waals surface area (Å²) in [7, 11) is -5.26. The number of hydrogen-bond donors (Lipinski definition) is 3. The Morgan fingerprint density at radius 2 is 1.94 bits per heavy atom. The van der Waals surface area contributed by atoms with Crippen molar-refractivity contribution < 1.29 is 33.8 Å². The molecule has 35 heavy (non-hydrogen) atoms. The van der Waals surface area contributed by atoms with E-state index in [1.807, 2.05) is 6.21 Å². The molecular weight excluding hydrogens is 477 g/mol. The fourth-order valence-corrected chi connectivity index (χ4v) is 5.53. The molecule has 4 rings (SSSR count). The van der Waals surface area contributed by atoms with E-state index in [0.29, 0.717) is 18.1 Å². The third-order valence-electron chi connectivity index (χ3n) is 6.98. The predicted octanol–water partition coefficient (Wildman–Crippen LogP) is -0.420. The van der Waals surface area contributed by atoms with Crippen LogP contribution >= 0.6 is 7.82 Å². The zero-order valence-corrected chi connectivity index (χ0v) is 20.5. The van der Waals surface area contributed by atoms with E-state index in [0.717, 1.165) is 63.4 Å². The second-order valence-electron chi connectivity index (χ2n) is 9.41. The SMILES string of the molecule is NC1=NCCCCCCCC2C3N=CCCCC3=C1N=CN2C1OC(COP(=O)([O-])[O-])C(O)C1O. The van der Waals surface area contributed by atoms with Crippen LogP contribution in [0.3, 0.4) is 0 Å². The summed E-state index contributed by atoms with van der Waals surface area (Å²) in [5.41, 5.74) is 7.98. The molecule has 0 aliphatic carbocycles. The van der Waals surface area contributed by atoms with Gasteiger partial charge >= 0.3 is 0 Å². The molecule has 12 nitrogen and oxygen atoms in total. The van der Waals surface area contributed by atoms with E-state index in [4.69, 9.17) is 15.5 Å². The smallest absolute Gasteiger partial charge is 0.160 e. The molecule has 2 bridgehead atoms. The summed E-state index contributed by atoms with van der Waals surface area (Å²) < 4.78 is 21.1. The van der Waals surface area contributed by atoms with Crippen molar-refractivity contribution in [1.29, 1.82) is 0 Å². The summed E-state index contributed by atoms with van der Waals surface area (Å²) in [4.78, 5) is 37.7. The molecule has 1 saturated heterocycles. The van der Waals surface area contributed by atoms with E-state index in [1.54, 1.807) is 11.2 Å². The van der Waals surface area contributed by atoms with Gasteiger partial charge in [-0.1, -0.05) is 25.7 Å². The van der Waals surface area contributed by atoms with Crippen molar-refractivity contribution in [3.8, 4) is 0 Å². The quantitative estimate of drug-likeness (QED) is 0.421. The van der Waals surface area contributed by atoms with Crippen molar-refractivity contribution in [2.45, 2.75) is 94.4 Å². The third-order valence-corrected chi connectivity index (χ3v) is 7.45. The molecule has 1 fully saturated rings. The van der Waals surface area contributed by atoms with Gasteiger partial charge in [0.15, 0.2) is 6.23 Å². The first-order valence-electron chi connectivity index (χ1n) is 12.3. The summed E-state index contributed by atoms with van der Waals surface area (Å²) >= 11 is 0. The first-order chi connectivity index (χ1) is 16.8. The largest absolute Gasteiger partial charge is 0.790 e. The Bertz CT molecular complexity index is 920. The number of aliphatic imine (C=N–C) groups is 3. The summed E-state index contributed by atoms with van der Waals surface area (Å²) in [6, 6.07) is -0.540. The molecule has 6 atom stereocenters. The minimum Gasteiger partial charge on any atom is -0.790 e. The van der Waals surface area contributed by atoms with Crippen LogP contribution in [0.25, 0.3) is 0 Å². The molecule has 0 radical (unpaired) electrons. The first-order valence-corrected chi connectivity index (χ1v) is 13.8. The molecule has 4 heterocycles. The van der Waals surface area contributed by atoms with E-state index in [1.165, 1.54) is 0 Å². The Hall–Kier alpha value is -1.66. The minimum absolute atomic E-state index is 0.245. The van der Waals surface area contributed by atoms with Gasteiger partial charge in [0.05, 0.1) is 32.9 Å². The maximum atomic E-state index is 10.9. The van der Waals surface area contributed by atoms with Gasteiger partial charge in [0.25, 0.3) is 0 Å². The molecule has 4 N–H and O–H groups in total. The van der Waals surface area contributed by atoms with E-state index < -0.39 is 39.0 Å². The highest BCUT2D eigenvalue weighted by Crippen LogP contribution is 2.36. The predicted molar refractivity (Wildman–Crippen MR) is 126 cm³/mol. The second-order valence-corrected chi connectivity index (χ2v) is 10.6. The lowest BCUT2D eigenvalue weighted by molar-refractivity contribution is -0.343. The van der Waals surface area contributed by atoms with E-state index >= 15 is 0 Å². The number of phosphoric acid groups is 1. The monoisotopic (exact) mass is 511 g/mol. The van der Waals surface area contributed by atoms with Gasteiger partial charge in [0.1, 0.15) is 29.8 Å². The van der Waals surface area contributed by atoms with Crippen LogP contribution in [0.4, 0.5) is 0 Å². The Morgan fingerprint density at radius 3 is 2.74 bits per heavy atom. The fourth-order valence-electron chi connectivity index (χ4n) is 5.20. The second kappa shape index (κ2) is 11.6. The standard InChI is InChI=1S/C22H36N5O7P/c23-21-18-14-8-5-7-10-24-17(14)15(9-4-2-1-3-6-11-25-21)27(13-26-18)22-20(29)19(28)16(34-22)12-33-35(30,31)32/h10,13,15-17,19-20,22,28-29H,1-9,11-12H2,(H2,23,25)(H2,30,31,32)/p-2. The Balaban J connectivity index is 1.69. The summed E-state index contributed by atoms with van der Waals surface area (Å²) in [6.07, 6.45) is 6.65. The van der Waals surface area contributed by atoms with Crippen LogP contribution in [-0.2, 0) is 13.8 Å². The minimum atomic E-state index is -5.26. The summed E-state index contributed by atoms with van der Waals surface area (Å²) in [5, 5.41) is 21.4. The Kier molecular flexibility index (Phi) is 8.75. The molecule has 0 aromatic heterocycles. The molecule has 0 spiro atoms. The topological polar surface area (TPSA) is 188 Å². The lowest BCUT2D eigenvalue weighted by Gasteiger charge is -2.38. The van der Waals surface area contributed by atoms with Crippen molar-refractivity contribution in [1.82, 2.24) is 4.90 Å². The molecule has 0 saturated carbocycles. The highest BCUT2D eigenvalue weighted by molar-refractivity contribution is 7.43. The number of nitrogens with two attached hydrogens (primary N) is 1. The van der Waals surface area contributed by atoms with Gasteiger partial charge in [-0.2, -0.15) is 0 Å². The molecule has 4 aliphatic rings. The number of rotatable bonds is 4. The average molecular weight is 512 g/mol. The fraction of sp³-hybridized carbons (Fsp3) is 0.773. The molecule has 4 aliphatic heterocycles. The van der Waals surface area contributed by atoms with Gasteiger partial charge in [0, 0.05) is 6.54 Å². The molecule has 13 heteroatoms. The zero-order chi connectivity index (χ0) is 25.0.